The summed E-state index contributed by atoms with van der Waals surface area (Å²) in [5.41, 5.74) is 5.91. The molecule has 18 heteroatoms. The molecule has 4 aromatic rings. The first-order valence-corrected chi connectivity index (χ1v) is 28.1. The Hall–Kier alpha value is -4.79. The average Bonchev–Trinajstić information content (AvgIpc) is 3.57. The Morgan fingerprint density at radius 3 is 1.76 bits per heavy atom. The third kappa shape index (κ3) is 10.2. The van der Waals surface area contributed by atoms with Crippen LogP contribution in [0.2, 0.25) is 0 Å². The van der Waals surface area contributed by atoms with Crippen LogP contribution in [-0.4, -0.2) is 85.8 Å². The van der Waals surface area contributed by atoms with E-state index in [-0.39, 0.29) is 41.1 Å². The highest BCUT2D eigenvalue weighted by Gasteiger charge is 2.46. The molecule has 2 heterocycles. The number of fused-ring (bicyclic) bond motifs is 6. The van der Waals surface area contributed by atoms with Gasteiger partial charge in [0, 0.05) is 47.5 Å². The average molecular weight is 1010 g/mol. The van der Waals surface area contributed by atoms with Crippen molar-refractivity contribution in [3.8, 4) is 0 Å². The van der Waals surface area contributed by atoms with Crippen molar-refractivity contribution in [3.63, 3.8) is 0 Å². The zero-order chi connectivity index (χ0) is 50.2. The van der Waals surface area contributed by atoms with Crippen molar-refractivity contribution in [2.24, 2.45) is 5.41 Å². The largest absolute Gasteiger partial charge is 0.344 e. The Balaban J connectivity index is 1.24. The van der Waals surface area contributed by atoms with Gasteiger partial charge in [0.05, 0.1) is 25.7 Å². The number of nitrogens with zero attached hydrogens (tertiary/aromatic N) is 2. The van der Waals surface area contributed by atoms with Crippen LogP contribution >= 0.6 is 0 Å². The Kier molecular flexibility index (Phi) is 13.4. The molecule has 2 aliphatic heterocycles. The van der Waals surface area contributed by atoms with E-state index in [2.05, 4.69) is 32.1 Å². The smallest absolute Gasteiger partial charge is 0.294 e. The third-order valence-electron chi connectivity index (χ3n) is 13.6. The van der Waals surface area contributed by atoms with E-state index in [0.29, 0.717) is 10.8 Å². The lowest BCUT2D eigenvalue weighted by molar-refractivity contribution is -0.438. The van der Waals surface area contributed by atoms with E-state index < -0.39 is 61.8 Å². The van der Waals surface area contributed by atoms with Gasteiger partial charge < -0.3 is 4.90 Å². The van der Waals surface area contributed by atoms with Crippen molar-refractivity contribution in [1.82, 2.24) is 0 Å². The summed E-state index contributed by atoms with van der Waals surface area (Å²) < 4.78 is 137. The molecule has 364 valence electrons. The van der Waals surface area contributed by atoms with Gasteiger partial charge in [0.15, 0.2) is 12.3 Å². The fraction of sp³-hybridized carbons (Fsp3) is 0.380. The van der Waals surface area contributed by atoms with Crippen LogP contribution in [0.5, 0.6) is 0 Å². The number of benzene rings is 4. The zero-order valence-corrected chi connectivity index (χ0v) is 42.6. The van der Waals surface area contributed by atoms with Crippen LogP contribution in [0.3, 0.4) is 0 Å². The predicted molar refractivity (Wildman–Crippen MR) is 268 cm³/mol. The maximum Gasteiger partial charge on any atom is 0.294 e. The molecular weight excluding hydrogens is 949 g/mol. The molecule has 7 rings (SSSR count). The van der Waals surface area contributed by atoms with Gasteiger partial charge in [0.25, 0.3) is 40.5 Å². The van der Waals surface area contributed by atoms with Gasteiger partial charge in [-0.3, -0.25) is 18.2 Å². The quantitative estimate of drug-likeness (QED) is 0.0683. The highest BCUT2D eigenvalue weighted by molar-refractivity contribution is 7.87. The van der Waals surface area contributed by atoms with E-state index in [4.69, 9.17) is 0 Å². The van der Waals surface area contributed by atoms with Crippen molar-refractivity contribution >= 4 is 79.1 Å². The first-order valence-electron chi connectivity index (χ1n) is 22.2. The van der Waals surface area contributed by atoms with E-state index in [1.807, 2.05) is 73.6 Å². The summed E-state index contributed by atoms with van der Waals surface area (Å²) in [6, 6.07) is 16.2. The summed E-state index contributed by atoms with van der Waals surface area (Å²) in [7, 11) is -17.5. The second-order valence-electron chi connectivity index (χ2n) is 20.1. The molecule has 0 fully saturated rings. The Bertz CT molecular complexity index is 3410. The molecule has 2 unspecified atom stereocenters. The molecule has 0 amide bonds. The topological polar surface area (TPSA) is 224 Å². The Morgan fingerprint density at radius 2 is 1.19 bits per heavy atom. The fourth-order valence-corrected chi connectivity index (χ4v) is 12.0. The van der Waals surface area contributed by atoms with E-state index >= 15 is 0 Å². The minimum absolute atomic E-state index is 0.115. The van der Waals surface area contributed by atoms with Crippen molar-refractivity contribution in [2.45, 2.75) is 112 Å². The second-order valence-corrected chi connectivity index (χ2v) is 26.6. The van der Waals surface area contributed by atoms with Crippen LogP contribution in [0.25, 0.3) is 21.5 Å². The van der Waals surface area contributed by atoms with Gasteiger partial charge in [0.1, 0.15) is 0 Å². The first-order chi connectivity index (χ1) is 31.3. The van der Waals surface area contributed by atoms with Gasteiger partial charge in [-0.25, -0.2) is 0 Å². The summed E-state index contributed by atoms with van der Waals surface area (Å²) in [5.74, 6) is 0. The molecule has 68 heavy (non-hydrogen) atoms. The lowest BCUT2D eigenvalue weighted by atomic mass is 9.75. The molecule has 0 saturated carbocycles. The monoisotopic (exact) mass is 1010 g/mol. The summed E-state index contributed by atoms with van der Waals surface area (Å²) in [4.78, 5) is 1.59. The van der Waals surface area contributed by atoms with Crippen molar-refractivity contribution in [3.05, 3.63) is 131 Å². The van der Waals surface area contributed by atoms with E-state index in [9.17, 15) is 51.9 Å². The SMILES string of the molecule is CC(CCN1C(=CC=CC2=CC(=CC=CC3=[N+](CCC(C)S(=O)(=O)O)c4ccc5cc(S(=O)(=O)O)ccc5c4C3(C)C)CC(C)(C)C2)C(C)(C)c2c1ccc1cc(S(=O)(=O)O)ccc21)S(=O)(=O)O. The lowest BCUT2D eigenvalue weighted by Crippen LogP contribution is -2.30. The number of anilines is 1. The zero-order valence-electron chi connectivity index (χ0n) is 39.3. The molecule has 0 bridgehead atoms. The minimum Gasteiger partial charge on any atom is -0.344 e. The maximum absolute atomic E-state index is 12.1. The van der Waals surface area contributed by atoms with Gasteiger partial charge in [-0.05, 0) is 133 Å². The summed E-state index contributed by atoms with van der Waals surface area (Å²) in [5, 5.41) is 0.742. The Labute approximate surface area is 400 Å². The molecule has 3 aliphatic rings. The maximum atomic E-state index is 12.1. The van der Waals surface area contributed by atoms with Crippen LogP contribution in [-0.2, 0) is 51.3 Å². The fourth-order valence-electron chi connectivity index (χ4n) is 10.1. The standard InChI is InChI=1S/C50H58N2O12S4/c1-32(65(53,54)55)23-25-51-42-21-15-36-28-38(67(59,60)61)17-19-40(36)46(42)49(5,6)44(51)13-9-11-34-27-35(31-48(3,4)30-34)12-10-14-45-50(7,8)47-41-20-18-39(68(62,63)64)29-37(41)16-22-43(47)52(45)26-24-33(2)66(56,57)58/h9-22,27-29,32-33H,23-26,30-31H2,1-8H3,(H3-,53,54,55,56,57,58,59,60,61,62,63,64)/p+1. The van der Waals surface area contributed by atoms with Gasteiger partial charge in [-0.2, -0.15) is 38.2 Å². The predicted octanol–water partition coefficient (Wildman–Crippen LogP) is 9.66. The highest BCUT2D eigenvalue weighted by atomic mass is 32.2. The van der Waals surface area contributed by atoms with E-state index in [1.54, 1.807) is 24.3 Å². The van der Waals surface area contributed by atoms with Crippen molar-refractivity contribution < 1.29 is 56.5 Å². The summed E-state index contributed by atoms with van der Waals surface area (Å²) >= 11 is 0. The van der Waals surface area contributed by atoms with Crippen LogP contribution in [0, 0.1) is 5.41 Å². The highest BCUT2D eigenvalue weighted by Crippen LogP contribution is 2.51. The van der Waals surface area contributed by atoms with Crippen LogP contribution in [0.15, 0.2) is 130 Å². The van der Waals surface area contributed by atoms with Crippen molar-refractivity contribution in [1.29, 1.82) is 0 Å². The number of rotatable bonds is 14. The summed E-state index contributed by atoms with van der Waals surface area (Å²) in [6.07, 6.45) is 16.0. The van der Waals surface area contributed by atoms with Crippen LogP contribution in [0.4, 0.5) is 11.4 Å². The van der Waals surface area contributed by atoms with Gasteiger partial charge in [-0.1, -0.05) is 76.3 Å². The molecule has 0 aromatic heterocycles. The van der Waals surface area contributed by atoms with Gasteiger partial charge in [0.2, 0.25) is 5.69 Å². The number of hydrogen-bond donors (Lipinski definition) is 4. The minimum atomic E-state index is -4.44. The molecule has 4 N–H and O–H groups in total. The molecule has 14 nitrogen and oxygen atoms in total. The van der Waals surface area contributed by atoms with Crippen LogP contribution < -0.4 is 4.90 Å². The molecular formula is C50H59N2O12S4+. The molecule has 0 radical (unpaired) electrons. The molecule has 0 spiro atoms. The van der Waals surface area contributed by atoms with E-state index in [1.165, 1.54) is 38.1 Å². The van der Waals surface area contributed by atoms with Crippen molar-refractivity contribution in [2.75, 3.05) is 18.0 Å². The molecule has 0 saturated heterocycles. The molecule has 4 aromatic carbocycles. The first kappa shape index (κ1) is 51.1. The second kappa shape index (κ2) is 17.9. The number of allylic oxidation sites excluding steroid dienone is 10. The van der Waals surface area contributed by atoms with E-state index in [0.717, 1.165) is 68.7 Å². The van der Waals surface area contributed by atoms with Gasteiger partial charge >= 0.3 is 0 Å². The molecule has 1 aliphatic carbocycles. The summed E-state index contributed by atoms with van der Waals surface area (Å²) in [6.45, 7) is 16.0. The molecule has 2 atom stereocenters. The number of hydrogen-bond acceptors (Lipinski definition) is 9. The van der Waals surface area contributed by atoms with Crippen LogP contribution in [0.1, 0.15) is 92.2 Å². The lowest BCUT2D eigenvalue weighted by Gasteiger charge is -2.30. The Morgan fingerprint density at radius 1 is 0.647 bits per heavy atom. The van der Waals surface area contributed by atoms with Gasteiger partial charge in [-0.15, -0.1) is 0 Å². The normalized spacial score (nSPS) is 20.5. The third-order valence-corrected chi connectivity index (χ3v) is 17.8.